The van der Waals surface area contributed by atoms with Gasteiger partial charge in [0.2, 0.25) is 0 Å². The zero-order valence-electron chi connectivity index (χ0n) is 13.1. The van der Waals surface area contributed by atoms with Crippen molar-refractivity contribution in [2.75, 3.05) is 19.7 Å². The Balaban J connectivity index is 0.00000200. The zero-order valence-corrected chi connectivity index (χ0v) is 12.8. The minimum atomic E-state index is -0.209. The van der Waals surface area contributed by atoms with E-state index in [1.165, 1.54) is 25.8 Å². The van der Waals surface area contributed by atoms with Crippen LogP contribution < -0.4 is 12.4 Å². The maximum Gasteiger partial charge on any atom is 1.00 e. The molecule has 112 valence electrons. The number of piperidine rings is 1. The number of carbonyl (C=O) groups is 1. The standard InChI is InChI=1S/C16H23NO2.ClH/c1-2-17-12-7-6-10-15(17)11-13-19-16(18)14-8-4-3-5-9-14;/h3-5,8-9,15H,2,6-7,10-13H2,1H3;1H. The third-order valence-corrected chi connectivity index (χ3v) is 3.85. The molecule has 1 atom stereocenters. The number of hydrogen-bond donors (Lipinski definition) is 0. The number of esters is 1. The highest BCUT2D eigenvalue weighted by Crippen LogP contribution is 2.19. The van der Waals surface area contributed by atoms with E-state index < -0.39 is 0 Å². The third kappa shape index (κ3) is 4.80. The minimum absolute atomic E-state index is 0. The number of rotatable bonds is 5. The van der Waals surface area contributed by atoms with Gasteiger partial charge in [-0.15, -0.1) is 0 Å². The predicted molar refractivity (Wildman–Crippen MR) is 77.3 cm³/mol. The van der Waals surface area contributed by atoms with Crippen LogP contribution >= 0.6 is 0 Å². The first-order valence-corrected chi connectivity index (χ1v) is 7.27. The summed E-state index contributed by atoms with van der Waals surface area (Å²) in [5, 5.41) is 0. The Morgan fingerprint density at radius 1 is 1.35 bits per heavy atom. The van der Waals surface area contributed by atoms with Gasteiger partial charge in [-0.2, -0.15) is 0 Å². The highest BCUT2D eigenvalue weighted by Gasteiger charge is 2.20. The van der Waals surface area contributed by atoms with Gasteiger partial charge in [-0.05, 0) is 44.5 Å². The Morgan fingerprint density at radius 3 is 2.80 bits per heavy atom. The van der Waals surface area contributed by atoms with E-state index >= 15 is 0 Å². The van der Waals surface area contributed by atoms with Crippen molar-refractivity contribution < 1.29 is 23.4 Å². The third-order valence-electron chi connectivity index (χ3n) is 3.85. The second-order valence-electron chi connectivity index (χ2n) is 5.07. The van der Waals surface area contributed by atoms with Crippen LogP contribution in [0, 0.1) is 0 Å². The summed E-state index contributed by atoms with van der Waals surface area (Å²) in [5.41, 5.74) is 0.637. The number of nitrogens with zero attached hydrogens (tertiary/aromatic N) is 1. The van der Waals surface area contributed by atoms with Crippen LogP contribution in [-0.2, 0) is 4.74 Å². The Kier molecular flexibility index (Phi) is 7.63. The van der Waals surface area contributed by atoms with Crippen LogP contribution in [0.15, 0.2) is 30.3 Å². The highest BCUT2D eigenvalue weighted by atomic mass is 35.5. The van der Waals surface area contributed by atoms with E-state index in [2.05, 4.69) is 11.8 Å². The molecule has 1 saturated heterocycles. The first-order chi connectivity index (χ1) is 9.31. The largest absolute Gasteiger partial charge is 1.00 e. The normalized spacial score (nSPS) is 19.1. The lowest BCUT2D eigenvalue weighted by Gasteiger charge is -2.34. The molecule has 2 rings (SSSR count). The smallest absolute Gasteiger partial charge is 1.00 e. The van der Waals surface area contributed by atoms with E-state index in [4.69, 9.17) is 4.74 Å². The molecule has 0 amide bonds. The lowest BCUT2D eigenvalue weighted by molar-refractivity contribution is -0.0000250. The van der Waals surface area contributed by atoms with Gasteiger partial charge in [0.15, 0.2) is 0 Å². The summed E-state index contributed by atoms with van der Waals surface area (Å²) in [4.78, 5) is 14.3. The van der Waals surface area contributed by atoms with Crippen LogP contribution in [0.2, 0.25) is 0 Å². The molecule has 4 heteroatoms. The van der Waals surface area contributed by atoms with Gasteiger partial charge in [-0.25, -0.2) is 4.79 Å². The van der Waals surface area contributed by atoms with E-state index in [1.807, 2.05) is 18.2 Å². The van der Waals surface area contributed by atoms with Crippen molar-refractivity contribution in [3.05, 3.63) is 35.9 Å². The van der Waals surface area contributed by atoms with Crippen LogP contribution in [0.25, 0.3) is 0 Å². The summed E-state index contributed by atoms with van der Waals surface area (Å²) in [6.45, 7) is 5.01. The topological polar surface area (TPSA) is 29.5 Å². The molecule has 1 aromatic carbocycles. The van der Waals surface area contributed by atoms with Crippen LogP contribution in [-0.4, -0.2) is 36.6 Å². The lowest BCUT2D eigenvalue weighted by atomic mass is 10.00. The van der Waals surface area contributed by atoms with Gasteiger partial charge >= 0.3 is 7.40 Å². The summed E-state index contributed by atoms with van der Waals surface area (Å²) in [5.74, 6) is -0.209. The molecule has 0 spiro atoms. The first kappa shape index (κ1) is 17.0. The Bertz CT molecular complexity index is 403. The van der Waals surface area contributed by atoms with Gasteiger partial charge in [0.25, 0.3) is 0 Å². The van der Waals surface area contributed by atoms with Crippen molar-refractivity contribution in [3.63, 3.8) is 0 Å². The van der Waals surface area contributed by atoms with E-state index in [0.717, 1.165) is 13.0 Å². The molecule has 0 bridgehead atoms. The van der Waals surface area contributed by atoms with Gasteiger partial charge in [0.1, 0.15) is 0 Å². The van der Waals surface area contributed by atoms with Crippen molar-refractivity contribution >= 4 is 5.97 Å². The molecule has 1 fully saturated rings. The fourth-order valence-electron chi connectivity index (χ4n) is 2.75. The van der Waals surface area contributed by atoms with E-state index in [1.54, 1.807) is 12.1 Å². The lowest BCUT2D eigenvalue weighted by Crippen LogP contribution is -3.00. The number of ether oxygens (including phenoxy) is 1. The Labute approximate surface area is 129 Å². The van der Waals surface area contributed by atoms with Crippen molar-refractivity contribution in [1.29, 1.82) is 0 Å². The Hall–Kier alpha value is -1.06. The summed E-state index contributed by atoms with van der Waals surface area (Å²) >= 11 is 0. The van der Waals surface area contributed by atoms with E-state index in [9.17, 15) is 4.79 Å². The van der Waals surface area contributed by atoms with Crippen LogP contribution in [0.5, 0.6) is 0 Å². The second kappa shape index (κ2) is 8.98. The predicted octanol–water partition coefficient (Wildman–Crippen LogP) is 0.224. The molecular weight excluding hydrogens is 274 g/mol. The van der Waals surface area contributed by atoms with E-state index in [0.29, 0.717) is 18.2 Å². The summed E-state index contributed by atoms with van der Waals surface area (Å²) in [7, 11) is 0. The van der Waals surface area contributed by atoms with Crippen molar-refractivity contribution in [2.24, 2.45) is 0 Å². The number of hydrogen-bond acceptors (Lipinski definition) is 3. The molecule has 0 N–H and O–H groups in total. The zero-order chi connectivity index (χ0) is 13.5. The molecule has 0 aromatic heterocycles. The molecule has 3 nitrogen and oxygen atoms in total. The number of benzene rings is 1. The Morgan fingerprint density at radius 2 is 2.10 bits per heavy atom. The fourth-order valence-corrected chi connectivity index (χ4v) is 2.75. The summed E-state index contributed by atoms with van der Waals surface area (Å²) < 4.78 is 5.36. The SMILES string of the molecule is CCN1CCCCC1CCOC(=O)c1ccccc1.[Cl-].[H+]. The van der Waals surface area contributed by atoms with Crippen molar-refractivity contribution in [1.82, 2.24) is 4.90 Å². The maximum atomic E-state index is 11.8. The van der Waals surface area contributed by atoms with Gasteiger partial charge < -0.3 is 22.0 Å². The van der Waals surface area contributed by atoms with Gasteiger partial charge in [0, 0.05) is 6.04 Å². The van der Waals surface area contributed by atoms with Crippen LogP contribution in [0.4, 0.5) is 0 Å². The minimum Gasteiger partial charge on any atom is -1.00 e. The molecule has 1 aromatic rings. The second-order valence-corrected chi connectivity index (χ2v) is 5.07. The number of likely N-dealkylation sites (tertiary alicyclic amines) is 1. The quantitative estimate of drug-likeness (QED) is 0.729. The van der Waals surface area contributed by atoms with Crippen LogP contribution in [0.1, 0.15) is 44.4 Å². The number of carbonyl (C=O) groups excluding carboxylic acids is 1. The molecule has 0 radical (unpaired) electrons. The molecule has 1 aliphatic rings. The van der Waals surface area contributed by atoms with Crippen molar-refractivity contribution in [2.45, 2.75) is 38.6 Å². The monoisotopic (exact) mass is 297 g/mol. The molecule has 0 aliphatic carbocycles. The maximum absolute atomic E-state index is 11.8. The number of halogens is 1. The van der Waals surface area contributed by atoms with Gasteiger partial charge in [0.05, 0.1) is 12.2 Å². The first-order valence-electron chi connectivity index (χ1n) is 7.27. The molecule has 20 heavy (non-hydrogen) atoms. The molecule has 1 unspecified atom stereocenters. The van der Waals surface area contributed by atoms with Gasteiger partial charge in [-0.3, -0.25) is 0 Å². The highest BCUT2D eigenvalue weighted by molar-refractivity contribution is 5.89. The average molecular weight is 298 g/mol. The summed E-state index contributed by atoms with van der Waals surface area (Å²) in [6, 6.07) is 9.79. The van der Waals surface area contributed by atoms with Gasteiger partial charge in [-0.1, -0.05) is 31.5 Å². The molecule has 0 saturated carbocycles. The van der Waals surface area contributed by atoms with Crippen molar-refractivity contribution in [3.8, 4) is 0 Å². The summed E-state index contributed by atoms with van der Waals surface area (Å²) in [6.07, 6.45) is 4.78. The molecule has 1 aliphatic heterocycles. The molecular formula is C16H24ClNO2. The average Bonchev–Trinajstić information content (AvgIpc) is 2.48. The van der Waals surface area contributed by atoms with Crippen LogP contribution in [0.3, 0.4) is 0 Å². The van der Waals surface area contributed by atoms with E-state index in [-0.39, 0.29) is 19.8 Å². The molecule has 1 heterocycles. The fraction of sp³-hybridized carbons (Fsp3) is 0.562.